The average molecular weight is 328 g/mol. The SMILES string of the molecule is CC(C)[C@H](CNC(=O)[C@@H](C)NC(=O)c1ccoc1)c1ccccc1. The first-order chi connectivity index (χ1) is 11.5. The molecule has 128 valence electrons. The molecule has 2 rings (SSSR count). The predicted molar refractivity (Wildman–Crippen MR) is 92.7 cm³/mol. The molecule has 5 nitrogen and oxygen atoms in total. The van der Waals surface area contributed by atoms with Gasteiger partial charge in [-0.15, -0.1) is 0 Å². The molecule has 0 aliphatic carbocycles. The van der Waals surface area contributed by atoms with Crippen LogP contribution in [0.3, 0.4) is 0 Å². The number of furan rings is 1. The van der Waals surface area contributed by atoms with E-state index in [-0.39, 0.29) is 17.7 Å². The molecule has 5 heteroatoms. The van der Waals surface area contributed by atoms with Gasteiger partial charge in [0.25, 0.3) is 5.91 Å². The fourth-order valence-corrected chi connectivity index (χ4v) is 2.54. The summed E-state index contributed by atoms with van der Waals surface area (Å²) in [4.78, 5) is 24.2. The molecular formula is C19H24N2O3. The summed E-state index contributed by atoms with van der Waals surface area (Å²) in [7, 11) is 0. The Labute approximate surface area is 142 Å². The van der Waals surface area contributed by atoms with E-state index < -0.39 is 6.04 Å². The van der Waals surface area contributed by atoms with Gasteiger partial charge in [-0.25, -0.2) is 0 Å². The molecule has 0 fully saturated rings. The minimum absolute atomic E-state index is 0.201. The van der Waals surface area contributed by atoms with Gasteiger partial charge in [0, 0.05) is 12.5 Å². The highest BCUT2D eigenvalue weighted by Crippen LogP contribution is 2.23. The van der Waals surface area contributed by atoms with E-state index in [1.165, 1.54) is 18.1 Å². The highest BCUT2D eigenvalue weighted by atomic mass is 16.3. The Morgan fingerprint density at radius 1 is 1.08 bits per heavy atom. The third-order valence-electron chi connectivity index (χ3n) is 4.05. The number of hydrogen-bond acceptors (Lipinski definition) is 3. The lowest BCUT2D eigenvalue weighted by Gasteiger charge is -2.23. The van der Waals surface area contributed by atoms with E-state index in [9.17, 15) is 9.59 Å². The summed E-state index contributed by atoms with van der Waals surface area (Å²) in [6, 6.07) is 11.1. The zero-order valence-electron chi connectivity index (χ0n) is 14.3. The van der Waals surface area contributed by atoms with Crippen molar-refractivity contribution < 1.29 is 14.0 Å². The van der Waals surface area contributed by atoms with Crippen molar-refractivity contribution in [3.05, 3.63) is 60.1 Å². The van der Waals surface area contributed by atoms with E-state index in [1.807, 2.05) is 18.2 Å². The Balaban J connectivity index is 1.89. The normalized spacial score (nSPS) is 13.3. The molecule has 0 radical (unpaired) electrons. The van der Waals surface area contributed by atoms with Crippen LogP contribution < -0.4 is 10.6 Å². The third kappa shape index (κ3) is 4.72. The van der Waals surface area contributed by atoms with Gasteiger partial charge >= 0.3 is 0 Å². The molecule has 2 N–H and O–H groups in total. The van der Waals surface area contributed by atoms with Crippen LogP contribution >= 0.6 is 0 Å². The molecular weight excluding hydrogens is 304 g/mol. The Morgan fingerprint density at radius 3 is 2.38 bits per heavy atom. The van der Waals surface area contributed by atoms with Gasteiger partial charge in [0.05, 0.1) is 11.8 Å². The van der Waals surface area contributed by atoms with Gasteiger partial charge in [0.2, 0.25) is 5.91 Å². The van der Waals surface area contributed by atoms with Gasteiger partial charge in [-0.05, 0) is 24.5 Å². The smallest absolute Gasteiger partial charge is 0.255 e. The number of rotatable bonds is 7. The summed E-state index contributed by atoms with van der Waals surface area (Å²) in [6.45, 7) is 6.47. The van der Waals surface area contributed by atoms with Gasteiger partial charge < -0.3 is 15.1 Å². The second-order valence-corrected chi connectivity index (χ2v) is 6.21. The van der Waals surface area contributed by atoms with Crippen LogP contribution in [0.5, 0.6) is 0 Å². The van der Waals surface area contributed by atoms with Crippen molar-refractivity contribution in [1.29, 1.82) is 0 Å². The van der Waals surface area contributed by atoms with Gasteiger partial charge in [0.15, 0.2) is 0 Å². The summed E-state index contributed by atoms with van der Waals surface area (Å²) < 4.78 is 4.87. The summed E-state index contributed by atoms with van der Waals surface area (Å²) in [5.41, 5.74) is 1.60. The second kappa shape index (κ2) is 8.34. The Morgan fingerprint density at radius 2 is 1.79 bits per heavy atom. The lowest BCUT2D eigenvalue weighted by Crippen LogP contribution is -2.46. The molecule has 1 heterocycles. The van der Waals surface area contributed by atoms with Crippen LogP contribution in [0.2, 0.25) is 0 Å². The molecule has 2 atom stereocenters. The Kier molecular flexibility index (Phi) is 6.18. The number of carbonyl (C=O) groups is 2. The molecule has 2 aromatic rings. The molecule has 2 amide bonds. The predicted octanol–water partition coefficient (Wildman–Crippen LogP) is 2.95. The third-order valence-corrected chi connectivity index (χ3v) is 4.05. The van der Waals surface area contributed by atoms with Crippen LogP contribution in [0.1, 0.15) is 42.6 Å². The van der Waals surface area contributed by atoms with Crippen molar-refractivity contribution >= 4 is 11.8 Å². The highest BCUT2D eigenvalue weighted by molar-refractivity contribution is 5.97. The zero-order valence-corrected chi connectivity index (χ0v) is 14.3. The van der Waals surface area contributed by atoms with Crippen LogP contribution in [-0.2, 0) is 4.79 Å². The summed E-state index contributed by atoms with van der Waals surface area (Å²) >= 11 is 0. The molecule has 0 saturated carbocycles. The first-order valence-electron chi connectivity index (χ1n) is 8.14. The van der Waals surface area contributed by atoms with Crippen molar-refractivity contribution in [2.45, 2.75) is 32.7 Å². The molecule has 1 aromatic carbocycles. The molecule has 24 heavy (non-hydrogen) atoms. The van der Waals surface area contributed by atoms with E-state index in [1.54, 1.807) is 13.0 Å². The minimum atomic E-state index is -0.615. The van der Waals surface area contributed by atoms with Crippen LogP contribution in [0, 0.1) is 5.92 Å². The molecule has 0 aliphatic rings. The average Bonchev–Trinajstić information content (AvgIpc) is 3.10. The number of amides is 2. The van der Waals surface area contributed by atoms with Crippen LogP contribution in [0.4, 0.5) is 0 Å². The zero-order chi connectivity index (χ0) is 17.5. The number of benzene rings is 1. The van der Waals surface area contributed by atoms with E-state index in [4.69, 9.17) is 4.42 Å². The maximum absolute atomic E-state index is 12.3. The summed E-state index contributed by atoms with van der Waals surface area (Å²) in [5.74, 6) is 0.0961. The van der Waals surface area contributed by atoms with Crippen molar-refractivity contribution in [3.63, 3.8) is 0 Å². The number of nitrogens with one attached hydrogen (secondary N) is 2. The van der Waals surface area contributed by atoms with Gasteiger partial charge in [-0.1, -0.05) is 44.2 Å². The molecule has 0 saturated heterocycles. The molecule has 1 aromatic heterocycles. The van der Waals surface area contributed by atoms with Crippen molar-refractivity contribution in [3.8, 4) is 0 Å². The number of hydrogen-bond donors (Lipinski definition) is 2. The van der Waals surface area contributed by atoms with Crippen LogP contribution in [-0.4, -0.2) is 24.4 Å². The highest BCUT2D eigenvalue weighted by Gasteiger charge is 2.20. The fraction of sp³-hybridized carbons (Fsp3) is 0.368. The quantitative estimate of drug-likeness (QED) is 0.821. The lowest BCUT2D eigenvalue weighted by molar-refractivity contribution is -0.122. The number of carbonyl (C=O) groups excluding carboxylic acids is 2. The van der Waals surface area contributed by atoms with Gasteiger partial charge in [-0.3, -0.25) is 9.59 Å². The van der Waals surface area contributed by atoms with Crippen molar-refractivity contribution in [2.75, 3.05) is 6.54 Å². The van der Waals surface area contributed by atoms with Gasteiger partial charge in [0.1, 0.15) is 12.3 Å². The summed E-state index contributed by atoms with van der Waals surface area (Å²) in [6.07, 6.45) is 2.77. The first kappa shape index (κ1) is 17.8. The topological polar surface area (TPSA) is 71.3 Å². The first-order valence-corrected chi connectivity index (χ1v) is 8.14. The monoisotopic (exact) mass is 328 g/mol. The van der Waals surface area contributed by atoms with E-state index in [0.717, 1.165) is 0 Å². The van der Waals surface area contributed by atoms with Crippen LogP contribution in [0.25, 0.3) is 0 Å². The van der Waals surface area contributed by atoms with Crippen molar-refractivity contribution in [2.24, 2.45) is 5.92 Å². The lowest BCUT2D eigenvalue weighted by atomic mass is 9.88. The maximum Gasteiger partial charge on any atom is 0.255 e. The Hall–Kier alpha value is -2.56. The minimum Gasteiger partial charge on any atom is -0.472 e. The fourth-order valence-electron chi connectivity index (χ4n) is 2.54. The van der Waals surface area contributed by atoms with E-state index in [2.05, 4.69) is 36.6 Å². The van der Waals surface area contributed by atoms with E-state index in [0.29, 0.717) is 18.0 Å². The standard InChI is InChI=1S/C19H24N2O3/c1-13(2)17(15-7-5-4-6-8-15)11-20-18(22)14(3)21-19(23)16-9-10-24-12-16/h4-10,12-14,17H,11H2,1-3H3,(H,20,22)(H,21,23)/t14-,17+/m1/s1. The van der Waals surface area contributed by atoms with Crippen molar-refractivity contribution in [1.82, 2.24) is 10.6 Å². The second-order valence-electron chi connectivity index (χ2n) is 6.21. The van der Waals surface area contributed by atoms with Gasteiger partial charge in [-0.2, -0.15) is 0 Å². The molecule has 0 spiro atoms. The molecule has 0 unspecified atom stereocenters. The van der Waals surface area contributed by atoms with Crippen LogP contribution in [0.15, 0.2) is 53.3 Å². The molecule has 0 aliphatic heterocycles. The largest absolute Gasteiger partial charge is 0.472 e. The maximum atomic E-state index is 12.3. The van der Waals surface area contributed by atoms with E-state index >= 15 is 0 Å². The Bertz CT molecular complexity index is 651. The molecule has 0 bridgehead atoms. The summed E-state index contributed by atoms with van der Waals surface area (Å²) in [5, 5.41) is 5.60.